The molecule has 1 amide bonds. The van der Waals surface area contributed by atoms with Crippen molar-refractivity contribution in [1.29, 1.82) is 0 Å². The first kappa shape index (κ1) is 21.7. The molecule has 2 N–H and O–H groups in total. The Balaban J connectivity index is 1.44. The Morgan fingerprint density at radius 1 is 0.909 bits per heavy atom. The van der Waals surface area contributed by atoms with Crippen LogP contribution in [-0.2, 0) is 11.3 Å². The predicted molar refractivity (Wildman–Crippen MR) is 124 cm³/mol. The van der Waals surface area contributed by atoms with Crippen molar-refractivity contribution in [1.82, 2.24) is 20.0 Å². The fourth-order valence-corrected chi connectivity index (χ4v) is 3.17. The van der Waals surface area contributed by atoms with E-state index in [-0.39, 0.29) is 23.6 Å². The van der Waals surface area contributed by atoms with Gasteiger partial charge in [0.25, 0.3) is 11.1 Å². The van der Waals surface area contributed by atoms with Gasteiger partial charge in [0.1, 0.15) is 12.3 Å². The van der Waals surface area contributed by atoms with E-state index in [1.54, 1.807) is 36.4 Å². The third-order valence-electron chi connectivity index (χ3n) is 4.76. The van der Waals surface area contributed by atoms with Crippen molar-refractivity contribution in [2.45, 2.75) is 13.5 Å². The maximum absolute atomic E-state index is 12.5. The SMILES string of the molecule is CCOc1ccc(-c2ccc(=O)n(CC(=O)Nc3ccc(-c4ccc(=O)[nH]n4)cc3)n2)cc1. The molecule has 9 heteroatoms. The molecule has 2 aromatic carbocycles. The number of rotatable bonds is 7. The highest BCUT2D eigenvalue weighted by atomic mass is 16.5. The van der Waals surface area contributed by atoms with Crippen molar-refractivity contribution in [2.75, 3.05) is 11.9 Å². The second-order valence-corrected chi connectivity index (χ2v) is 7.10. The number of H-pyrrole nitrogens is 1. The number of ether oxygens (including phenoxy) is 1. The molecule has 0 aliphatic carbocycles. The van der Waals surface area contributed by atoms with Gasteiger partial charge in [-0.15, -0.1) is 0 Å². The van der Waals surface area contributed by atoms with Gasteiger partial charge in [-0.2, -0.15) is 10.2 Å². The molecule has 4 rings (SSSR count). The molecule has 0 aliphatic heterocycles. The largest absolute Gasteiger partial charge is 0.494 e. The van der Waals surface area contributed by atoms with Gasteiger partial charge in [-0.3, -0.25) is 14.4 Å². The minimum absolute atomic E-state index is 0.229. The van der Waals surface area contributed by atoms with Crippen molar-refractivity contribution in [2.24, 2.45) is 0 Å². The summed E-state index contributed by atoms with van der Waals surface area (Å²) >= 11 is 0. The highest BCUT2D eigenvalue weighted by Gasteiger charge is 2.09. The van der Waals surface area contributed by atoms with Crippen molar-refractivity contribution < 1.29 is 9.53 Å². The van der Waals surface area contributed by atoms with E-state index in [1.165, 1.54) is 12.1 Å². The second-order valence-electron chi connectivity index (χ2n) is 7.10. The Hall–Kier alpha value is -4.53. The summed E-state index contributed by atoms with van der Waals surface area (Å²) in [6, 6.07) is 20.3. The van der Waals surface area contributed by atoms with Crippen LogP contribution in [0.5, 0.6) is 5.75 Å². The molecule has 9 nitrogen and oxygen atoms in total. The Labute approximate surface area is 188 Å². The minimum Gasteiger partial charge on any atom is -0.494 e. The lowest BCUT2D eigenvalue weighted by Crippen LogP contribution is -2.29. The molecule has 0 spiro atoms. The zero-order valence-electron chi connectivity index (χ0n) is 17.8. The Bertz CT molecular complexity index is 1360. The Morgan fingerprint density at radius 2 is 1.58 bits per heavy atom. The summed E-state index contributed by atoms with van der Waals surface area (Å²) in [5.41, 5.74) is 2.67. The molecule has 0 aliphatic rings. The minimum atomic E-state index is -0.386. The van der Waals surface area contributed by atoms with Gasteiger partial charge in [-0.05, 0) is 55.5 Å². The standard InChI is InChI=1S/C24H21N5O4/c1-2-33-19-9-5-17(6-10-19)21-12-14-24(32)29(28-21)15-23(31)25-18-7-3-16(4-8-18)20-11-13-22(30)27-26-20/h3-14H,2,15H2,1H3,(H,25,31)(H,27,30). The molecule has 0 unspecified atom stereocenters. The van der Waals surface area contributed by atoms with Crippen LogP contribution in [0.3, 0.4) is 0 Å². The van der Waals surface area contributed by atoms with Gasteiger partial charge in [0, 0.05) is 28.9 Å². The summed E-state index contributed by atoms with van der Waals surface area (Å²) in [7, 11) is 0. The average molecular weight is 443 g/mol. The second kappa shape index (κ2) is 9.73. The van der Waals surface area contributed by atoms with Gasteiger partial charge in [0.2, 0.25) is 5.91 Å². The summed E-state index contributed by atoms with van der Waals surface area (Å²) in [4.78, 5) is 35.9. The van der Waals surface area contributed by atoms with Crippen LogP contribution in [0.25, 0.3) is 22.5 Å². The Morgan fingerprint density at radius 3 is 2.24 bits per heavy atom. The summed E-state index contributed by atoms with van der Waals surface area (Å²) in [5.74, 6) is 0.361. The quantitative estimate of drug-likeness (QED) is 0.453. The average Bonchev–Trinajstić information content (AvgIpc) is 2.82. The molecule has 33 heavy (non-hydrogen) atoms. The lowest BCUT2D eigenvalue weighted by atomic mass is 10.1. The van der Waals surface area contributed by atoms with E-state index in [4.69, 9.17) is 4.74 Å². The van der Waals surface area contributed by atoms with Crippen molar-refractivity contribution in [3.8, 4) is 28.3 Å². The fraction of sp³-hybridized carbons (Fsp3) is 0.125. The van der Waals surface area contributed by atoms with Crippen LogP contribution in [0, 0.1) is 0 Å². The number of carbonyl (C=O) groups is 1. The number of nitrogens with one attached hydrogen (secondary N) is 2. The molecule has 166 valence electrons. The molecule has 2 aromatic heterocycles. The van der Waals surface area contributed by atoms with E-state index in [0.29, 0.717) is 23.7 Å². The van der Waals surface area contributed by atoms with Crippen molar-refractivity contribution in [3.05, 3.63) is 93.5 Å². The van der Waals surface area contributed by atoms with Gasteiger partial charge < -0.3 is 10.1 Å². The van der Waals surface area contributed by atoms with E-state index < -0.39 is 0 Å². The molecule has 2 heterocycles. The fourth-order valence-electron chi connectivity index (χ4n) is 3.17. The van der Waals surface area contributed by atoms with Crippen molar-refractivity contribution >= 4 is 11.6 Å². The summed E-state index contributed by atoms with van der Waals surface area (Å²) in [5, 5.41) is 13.4. The number of carbonyl (C=O) groups excluding carboxylic acids is 1. The summed E-state index contributed by atoms with van der Waals surface area (Å²) in [6.07, 6.45) is 0. The lowest BCUT2D eigenvalue weighted by Gasteiger charge is -2.09. The van der Waals surface area contributed by atoms with Crippen LogP contribution in [0.4, 0.5) is 5.69 Å². The zero-order valence-corrected chi connectivity index (χ0v) is 17.8. The monoisotopic (exact) mass is 443 g/mol. The zero-order chi connectivity index (χ0) is 23.2. The smallest absolute Gasteiger partial charge is 0.267 e. The van der Waals surface area contributed by atoms with Crippen LogP contribution >= 0.6 is 0 Å². The molecule has 0 radical (unpaired) electrons. The number of benzene rings is 2. The first-order valence-electron chi connectivity index (χ1n) is 10.3. The first-order valence-corrected chi connectivity index (χ1v) is 10.3. The number of nitrogens with zero attached hydrogens (tertiary/aromatic N) is 3. The third-order valence-corrected chi connectivity index (χ3v) is 4.76. The van der Waals surface area contributed by atoms with Crippen molar-refractivity contribution in [3.63, 3.8) is 0 Å². The van der Waals surface area contributed by atoms with Crippen LogP contribution in [0.15, 0.2) is 82.4 Å². The maximum Gasteiger partial charge on any atom is 0.267 e. The highest BCUT2D eigenvalue weighted by Crippen LogP contribution is 2.20. The van der Waals surface area contributed by atoms with Gasteiger partial charge in [0.05, 0.1) is 18.0 Å². The van der Waals surface area contributed by atoms with E-state index >= 15 is 0 Å². The van der Waals surface area contributed by atoms with Crippen LogP contribution in [0.2, 0.25) is 0 Å². The normalized spacial score (nSPS) is 10.6. The van der Waals surface area contributed by atoms with Crippen LogP contribution in [0.1, 0.15) is 6.92 Å². The summed E-state index contributed by atoms with van der Waals surface area (Å²) in [6.45, 7) is 2.26. The lowest BCUT2D eigenvalue weighted by molar-refractivity contribution is -0.117. The molecular weight excluding hydrogens is 422 g/mol. The maximum atomic E-state index is 12.5. The van der Waals surface area contributed by atoms with Gasteiger partial charge >= 0.3 is 0 Å². The van der Waals surface area contributed by atoms with E-state index in [2.05, 4.69) is 20.6 Å². The molecule has 0 bridgehead atoms. The molecule has 4 aromatic rings. The molecule has 0 fully saturated rings. The van der Waals surface area contributed by atoms with Crippen LogP contribution in [-0.4, -0.2) is 32.5 Å². The molecule has 0 atom stereocenters. The molecular formula is C24H21N5O4. The number of hydrogen-bond donors (Lipinski definition) is 2. The molecule has 0 saturated carbocycles. The van der Waals surface area contributed by atoms with Crippen LogP contribution < -0.4 is 21.2 Å². The third kappa shape index (κ3) is 5.40. The van der Waals surface area contributed by atoms with E-state index in [0.717, 1.165) is 21.6 Å². The van der Waals surface area contributed by atoms with Gasteiger partial charge in [-0.25, -0.2) is 9.78 Å². The summed E-state index contributed by atoms with van der Waals surface area (Å²) < 4.78 is 6.56. The number of hydrogen-bond acceptors (Lipinski definition) is 6. The Kier molecular flexibility index (Phi) is 6.40. The highest BCUT2D eigenvalue weighted by molar-refractivity contribution is 5.90. The predicted octanol–water partition coefficient (Wildman–Crippen LogP) is 2.70. The number of aromatic amines is 1. The number of amides is 1. The topological polar surface area (TPSA) is 119 Å². The van der Waals surface area contributed by atoms with E-state index in [9.17, 15) is 14.4 Å². The van der Waals surface area contributed by atoms with Gasteiger partial charge in [0.15, 0.2) is 0 Å². The van der Waals surface area contributed by atoms with E-state index in [1.807, 2.05) is 31.2 Å². The number of anilines is 1. The van der Waals surface area contributed by atoms with Gasteiger partial charge in [-0.1, -0.05) is 12.1 Å². The first-order chi connectivity index (χ1) is 16.0. The molecule has 0 saturated heterocycles. The number of aromatic nitrogens is 4.